The zero-order valence-electron chi connectivity index (χ0n) is 11.4. The van der Waals surface area contributed by atoms with Gasteiger partial charge in [-0.25, -0.2) is 17.5 Å². The minimum absolute atomic E-state index is 0.0883. The Kier molecular flexibility index (Phi) is 4.31. The maximum absolute atomic E-state index is 13.7. The molecule has 3 N–H and O–H groups in total. The van der Waals surface area contributed by atoms with Crippen molar-refractivity contribution in [1.29, 1.82) is 0 Å². The number of nitrogens with two attached hydrogens (primary N) is 1. The zero-order valence-corrected chi connectivity index (χ0v) is 12.2. The highest BCUT2D eigenvalue weighted by atomic mass is 32.2. The van der Waals surface area contributed by atoms with Gasteiger partial charge in [-0.15, -0.1) is 0 Å². The fraction of sp³-hybridized carbons (Fsp3) is 0.538. The highest BCUT2D eigenvalue weighted by molar-refractivity contribution is 7.89. The third kappa shape index (κ3) is 3.28. The molecule has 1 aromatic carbocycles. The lowest BCUT2D eigenvalue weighted by Crippen LogP contribution is -2.39. The Labute approximate surface area is 118 Å². The molecular formula is C13H19FN2O3S. The number of nitrogens with one attached hydrogen (secondary N) is 1. The Morgan fingerprint density at radius 1 is 1.40 bits per heavy atom. The van der Waals surface area contributed by atoms with Gasteiger partial charge in [-0.3, -0.25) is 0 Å². The van der Waals surface area contributed by atoms with Gasteiger partial charge >= 0.3 is 0 Å². The number of benzene rings is 1. The predicted molar refractivity (Wildman–Crippen MR) is 74.2 cm³/mol. The van der Waals surface area contributed by atoms with E-state index in [9.17, 15) is 12.8 Å². The van der Waals surface area contributed by atoms with Crippen LogP contribution in [0.1, 0.15) is 19.8 Å². The van der Waals surface area contributed by atoms with Gasteiger partial charge in [0.15, 0.2) is 0 Å². The first-order chi connectivity index (χ1) is 9.34. The van der Waals surface area contributed by atoms with Crippen LogP contribution in [0.3, 0.4) is 0 Å². The summed E-state index contributed by atoms with van der Waals surface area (Å²) >= 11 is 0. The van der Waals surface area contributed by atoms with Gasteiger partial charge in [0, 0.05) is 19.8 Å². The average Bonchev–Trinajstić information content (AvgIpc) is 2.37. The molecule has 0 aromatic heterocycles. The number of ether oxygens (including phenoxy) is 1. The second-order valence-electron chi connectivity index (χ2n) is 5.41. The van der Waals surface area contributed by atoms with Crippen LogP contribution in [0.25, 0.3) is 0 Å². The normalized spacial score (nSPS) is 18.9. The summed E-state index contributed by atoms with van der Waals surface area (Å²) in [5, 5.41) is 0. The summed E-state index contributed by atoms with van der Waals surface area (Å²) < 4.78 is 45.8. The third-order valence-corrected chi connectivity index (χ3v) is 5.15. The van der Waals surface area contributed by atoms with Crippen LogP contribution in [-0.2, 0) is 14.8 Å². The lowest BCUT2D eigenvalue weighted by atomic mass is 9.83. The molecule has 0 aliphatic carbocycles. The molecule has 1 heterocycles. The monoisotopic (exact) mass is 302 g/mol. The van der Waals surface area contributed by atoms with Crippen molar-refractivity contribution in [3.8, 4) is 0 Å². The first-order valence-electron chi connectivity index (χ1n) is 6.45. The van der Waals surface area contributed by atoms with Crippen molar-refractivity contribution in [3.05, 3.63) is 24.0 Å². The molecule has 1 saturated heterocycles. The smallest absolute Gasteiger partial charge is 0.245 e. The number of sulfonamides is 1. The summed E-state index contributed by atoms with van der Waals surface area (Å²) in [6, 6.07) is 3.83. The van der Waals surface area contributed by atoms with E-state index in [2.05, 4.69) is 4.72 Å². The second kappa shape index (κ2) is 5.67. The molecule has 1 aliphatic rings. The molecule has 7 heteroatoms. The Morgan fingerprint density at radius 2 is 2.05 bits per heavy atom. The van der Waals surface area contributed by atoms with Crippen LogP contribution < -0.4 is 10.5 Å². The Hall–Kier alpha value is -1.18. The van der Waals surface area contributed by atoms with E-state index in [0.29, 0.717) is 13.2 Å². The Bertz CT molecular complexity index is 563. The summed E-state index contributed by atoms with van der Waals surface area (Å²) in [6.45, 7) is 3.45. The summed E-state index contributed by atoms with van der Waals surface area (Å²) in [5.74, 6) is -0.838. The van der Waals surface area contributed by atoms with E-state index in [4.69, 9.17) is 10.5 Å². The molecule has 20 heavy (non-hydrogen) atoms. The molecule has 0 spiro atoms. The zero-order chi connectivity index (χ0) is 14.8. The van der Waals surface area contributed by atoms with Crippen molar-refractivity contribution in [2.75, 3.05) is 25.5 Å². The highest BCUT2D eigenvalue weighted by Crippen LogP contribution is 2.30. The fourth-order valence-corrected chi connectivity index (χ4v) is 3.58. The minimum Gasteiger partial charge on any atom is -0.398 e. The van der Waals surface area contributed by atoms with E-state index in [1.807, 2.05) is 6.92 Å². The number of anilines is 1. The summed E-state index contributed by atoms with van der Waals surface area (Å²) in [4.78, 5) is -0.476. The lowest BCUT2D eigenvalue weighted by Gasteiger charge is -2.33. The molecule has 0 amide bonds. The Balaban J connectivity index is 2.15. The van der Waals surface area contributed by atoms with E-state index in [1.54, 1.807) is 0 Å². The van der Waals surface area contributed by atoms with Crippen LogP contribution in [0, 0.1) is 11.2 Å². The Morgan fingerprint density at radius 3 is 2.65 bits per heavy atom. The quantitative estimate of drug-likeness (QED) is 0.826. The van der Waals surface area contributed by atoms with Crippen molar-refractivity contribution in [2.45, 2.75) is 24.7 Å². The average molecular weight is 302 g/mol. The maximum atomic E-state index is 13.7. The SMILES string of the molecule is CC1(CNS(=O)(=O)c2c(N)cccc2F)CCOCC1. The molecule has 0 bridgehead atoms. The van der Waals surface area contributed by atoms with Gasteiger partial charge in [-0.1, -0.05) is 13.0 Å². The number of hydrogen-bond acceptors (Lipinski definition) is 4. The number of rotatable bonds is 4. The standard InChI is InChI=1S/C13H19FN2O3S/c1-13(5-7-19-8-6-13)9-16-20(17,18)12-10(14)3-2-4-11(12)15/h2-4,16H,5-9,15H2,1H3. The second-order valence-corrected chi connectivity index (χ2v) is 7.11. The molecule has 1 fully saturated rings. The van der Waals surface area contributed by atoms with Gasteiger partial charge in [0.2, 0.25) is 10.0 Å². The lowest BCUT2D eigenvalue weighted by molar-refractivity contribution is 0.0264. The first kappa shape index (κ1) is 15.2. The van der Waals surface area contributed by atoms with Gasteiger partial charge in [-0.05, 0) is 30.4 Å². The molecule has 0 unspecified atom stereocenters. The molecule has 2 rings (SSSR count). The molecule has 0 radical (unpaired) electrons. The molecule has 1 aromatic rings. The number of halogens is 1. The van der Waals surface area contributed by atoms with Gasteiger partial charge in [0.05, 0.1) is 5.69 Å². The molecule has 1 aliphatic heterocycles. The molecule has 0 saturated carbocycles. The number of nitrogen functional groups attached to an aromatic ring is 1. The summed E-state index contributed by atoms with van der Waals surface area (Å²) in [7, 11) is -3.95. The van der Waals surface area contributed by atoms with Gasteiger partial charge < -0.3 is 10.5 Å². The van der Waals surface area contributed by atoms with Crippen molar-refractivity contribution >= 4 is 15.7 Å². The van der Waals surface area contributed by atoms with E-state index in [-0.39, 0.29) is 17.6 Å². The maximum Gasteiger partial charge on any atom is 0.245 e. The molecule has 112 valence electrons. The fourth-order valence-electron chi connectivity index (χ4n) is 2.19. The summed E-state index contributed by atoms with van der Waals surface area (Å²) in [6.07, 6.45) is 1.53. The summed E-state index contributed by atoms with van der Waals surface area (Å²) in [5.41, 5.74) is 5.31. The first-order valence-corrected chi connectivity index (χ1v) is 7.94. The van der Waals surface area contributed by atoms with Crippen LogP contribution in [-0.4, -0.2) is 28.2 Å². The molecule has 0 atom stereocenters. The minimum atomic E-state index is -3.95. The largest absolute Gasteiger partial charge is 0.398 e. The highest BCUT2D eigenvalue weighted by Gasteiger charge is 2.30. The van der Waals surface area contributed by atoms with Gasteiger partial charge in [0.1, 0.15) is 10.7 Å². The van der Waals surface area contributed by atoms with Gasteiger partial charge in [0.25, 0.3) is 0 Å². The van der Waals surface area contributed by atoms with Crippen molar-refractivity contribution in [2.24, 2.45) is 5.41 Å². The van der Waals surface area contributed by atoms with E-state index in [1.165, 1.54) is 12.1 Å². The van der Waals surface area contributed by atoms with Crippen LogP contribution in [0.4, 0.5) is 10.1 Å². The van der Waals surface area contributed by atoms with E-state index in [0.717, 1.165) is 18.9 Å². The van der Waals surface area contributed by atoms with Crippen LogP contribution >= 0.6 is 0 Å². The number of hydrogen-bond donors (Lipinski definition) is 2. The van der Waals surface area contributed by atoms with Crippen molar-refractivity contribution < 1.29 is 17.5 Å². The topological polar surface area (TPSA) is 81.4 Å². The van der Waals surface area contributed by atoms with Crippen LogP contribution in [0.5, 0.6) is 0 Å². The van der Waals surface area contributed by atoms with Crippen LogP contribution in [0.2, 0.25) is 0 Å². The molecular weight excluding hydrogens is 283 g/mol. The van der Waals surface area contributed by atoms with Crippen molar-refractivity contribution in [1.82, 2.24) is 4.72 Å². The third-order valence-electron chi connectivity index (χ3n) is 3.66. The molecule has 5 nitrogen and oxygen atoms in total. The van der Waals surface area contributed by atoms with Crippen molar-refractivity contribution in [3.63, 3.8) is 0 Å². The van der Waals surface area contributed by atoms with Gasteiger partial charge in [-0.2, -0.15) is 0 Å². The van der Waals surface area contributed by atoms with E-state index >= 15 is 0 Å². The van der Waals surface area contributed by atoms with E-state index < -0.39 is 20.7 Å². The predicted octanol–water partition coefficient (Wildman–Crippen LogP) is 1.50. The van der Waals surface area contributed by atoms with Crippen LogP contribution in [0.15, 0.2) is 23.1 Å².